The van der Waals surface area contributed by atoms with Crippen molar-refractivity contribution in [3.05, 3.63) is 22.9 Å². The van der Waals surface area contributed by atoms with Crippen LogP contribution in [0.3, 0.4) is 0 Å². The standard InChI is InChI=1S/C10H11N3S/c1-7-5-8(2)13-10(9(7)6-12)14-4-3-11/h5,10,13H,4H2,1-2H3. The zero-order chi connectivity index (χ0) is 10.6. The first-order valence-electron chi connectivity index (χ1n) is 4.23. The van der Waals surface area contributed by atoms with Gasteiger partial charge in [-0.1, -0.05) is 0 Å². The van der Waals surface area contributed by atoms with E-state index < -0.39 is 0 Å². The van der Waals surface area contributed by atoms with Crippen LogP contribution in [0.2, 0.25) is 0 Å². The van der Waals surface area contributed by atoms with E-state index in [-0.39, 0.29) is 5.37 Å². The molecule has 1 unspecified atom stereocenters. The minimum atomic E-state index is -0.0651. The third-order valence-corrected chi connectivity index (χ3v) is 2.90. The number of rotatable bonds is 2. The van der Waals surface area contributed by atoms with Gasteiger partial charge in [0.05, 0.1) is 23.5 Å². The van der Waals surface area contributed by atoms with Crippen molar-refractivity contribution in [1.29, 1.82) is 10.5 Å². The van der Waals surface area contributed by atoms with E-state index in [0.29, 0.717) is 5.75 Å². The summed E-state index contributed by atoms with van der Waals surface area (Å²) in [6.45, 7) is 3.88. The molecule has 0 spiro atoms. The molecular weight excluding hydrogens is 194 g/mol. The molecule has 0 saturated carbocycles. The summed E-state index contributed by atoms with van der Waals surface area (Å²) in [6.07, 6.45) is 1.95. The summed E-state index contributed by atoms with van der Waals surface area (Å²) in [7, 11) is 0. The van der Waals surface area contributed by atoms with Crippen LogP contribution in [0.25, 0.3) is 0 Å². The molecule has 1 aliphatic rings. The second kappa shape index (κ2) is 4.74. The van der Waals surface area contributed by atoms with Crippen LogP contribution in [0.4, 0.5) is 0 Å². The van der Waals surface area contributed by atoms with E-state index in [1.54, 1.807) is 0 Å². The van der Waals surface area contributed by atoms with Crippen molar-refractivity contribution in [3.63, 3.8) is 0 Å². The SMILES string of the molecule is CC1=CC(C)=C(C#N)C(SCC#N)N1. The maximum absolute atomic E-state index is 8.94. The van der Waals surface area contributed by atoms with Crippen molar-refractivity contribution >= 4 is 11.8 Å². The Morgan fingerprint density at radius 2 is 2.21 bits per heavy atom. The second-order valence-corrected chi connectivity index (χ2v) is 4.12. The van der Waals surface area contributed by atoms with Crippen molar-refractivity contribution in [1.82, 2.24) is 5.32 Å². The number of nitrogens with one attached hydrogen (secondary N) is 1. The van der Waals surface area contributed by atoms with Crippen molar-refractivity contribution in [3.8, 4) is 12.1 Å². The van der Waals surface area contributed by atoms with Crippen molar-refractivity contribution < 1.29 is 0 Å². The van der Waals surface area contributed by atoms with Crippen LogP contribution in [0.15, 0.2) is 22.9 Å². The molecule has 72 valence electrons. The predicted octanol–water partition coefficient (Wildman–Crippen LogP) is 1.92. The van der Waals surface area contributed by atoms with E-state index in [2.05, 4.69) is 17.5 Å². The molecule has 14 heavy (non-hydrogen) atoms. The fourth-order valence-electron chi connectivity index (χ4n) is 1.32. The molecule has 1 rings (SSSR count). The highest BCUT2D eigenvalue weighted by molar-refractivity contribution is 8.00. The van der Waals surface area contributed by atoms with Gasteiger partial charge in [0.15, 0.2) is 0 Å². The molecule has 1 atom stereocenters. The minimum Gasteiger partial charge on any atom is -0.372 e. The third-order valence-electron chi connectivity index (χ3n) is 1.91. The van der Waals surface area contributed by atoms with Gasteiger partial charge in [0.25, 0.3) is 0 Å². The van der Waals surface area contributed by atoms with Crippen LogP contribution < -0.4 is 5.32 Å². The number of nitrogens with zero attached hydrogens (tertiary/aromatic N) is 2. The Hall–Kier alpha value is -1.39. The Labute approximate surface area is 88.1 Å². The normalized spacial score (nSPS) is 20.6. The summed E-state index contributed by atoms with van der Waals surface area (Å²) in [5.74, 6) is 0.392. The van der Waals surface area contributed by atoms with E-state index in [9.17, 15) is 0 Å². The van der Waals surface area contributed by atoms with Crippen LogP contribution in [-0.2, 0) is 0 Å². The summed E-state index contributed by atoms with van der Waals surface area (Å²) in [6, 6.07) is 4.24. The Morgan fingerprint density at radius 3 is 2.79 bits per heavy atom. The molecule has 3 nitrogen and oxygen atoms in total. The number of hydrogen-bond acceptors (Lipinski definition) is 4. The molecule has 1 aliphatic heterocycles. The zero-order valence-corrected chi connectivity index (χ0v) is 8.98. The van der Waals surface area contributed by atoms with Gasteiger partial charge in [-0.05, 0) is 25.5 Å². The fourth-order valence-corrected chi connectivity index (χ4v) is 2.24. The molecule has 0 saturated heterocycles. The maximum atomic E-state index is 8.94. The minimum absolute atomic E-state index is 0.0651. The highest BCUT2D eigenvalue weighted by Crippen LogP contribution is 2.24. The first-order chi connectivity index (χ1) is 6.69. The van der Waals surface area contributed by atoms with Gasteiger partial charge in [-0.15, -0.1) is 11.8 Å². The van der Waals surface area contributed by atoms with Gasteiger partial charge in [0.1, 0.15) is 5.37 Å². The Morgan fingerprint density at radius 1 is 1.50 bits per heavy atom. The van der Waals surface area contributed by atoms with Gasteiger partial charge in [-0.25, -0.2) is 0 Å². The Bertz CT molecular complexity index is 368. The van der Waals surface area contributed by atoms with Gasteiger partial charge in [-0.2, -0.15) is 10.5 Å². The largest absolute Gasteiger partial charge is 0.372 e. The van der Waals surface area contributed by atoms with E-state index in [4.69, 9.17) is 10.5 Å². The molecule has 1 heterocycles. The lowest BCUT2D eigenvalue weighted by molar-refractivity contribution is 0.811. The molecule has 0 aromatic rings. The first kappa shape index (κ1) is 10.7. The fraction of sp³-hybridized carbons (Fsp3) is 0.400. The molecule has 0 radical (unpaired) electrons. The van der Waals surface area contributed by atoms with Crippen LogP contribution in [0, 0.1) is 22.7 Å². The number of nitriles is 2. The van der Waals surface area contributed by atoms with E-state index in [1.165, 1.54) is 11.8 Å². The van der Waals surface area contributed by atoms with Crippen LogP contribution in [-0.4, -0.2) is 11.1 Å². The van der Waals surface area contributed by atoms with E-state index >= 15 is 0 Å². The van der Waals surface area contributed by atoms with Gasteiger partial charge >= 0.3 is 0 Å². The van der Waals surface area contributed by atoms with Gasteiger partial charge in [0.2, 0.25) is 0 Å². The Kier molecular flexibility index (Phi) is 3.62. The number of thioether (sulfide) groups is 1. The van der Waals surface area contributed by atoms with E-state index in [0.717, 1.165) is 16.8 Å². The Balaban J connectivity index is 2.85. The predicted molar refractivity (Wildman–Crippen MR) is 57.1 cm³/mol. The van der Waals surface area contributed by atoms with Crippen molar-refractivity contribution in [2.45, 2.75) is 19.2 Å². The second-order valence-electron chi connectivity index (χ2n) is 3.03. The molecule has 0 fully saturated rings. The molecule has 0 aromatic carbocycles. The van der Waals surface area contributed by atoms with Crippen LogP contribution in [0.1, 0.15) is 13.8 Å². The van der Waals surface area contributed by atoms with Crippen molar-refractivity contribution in [2.24, 2.45) is 0 Å². The number of allylic oxidation sites excluding steroid dienone is 3. The zero-order valence-electron chi connectivity index (χ0n) is 8.16. The number of dihydropyridines is 1. The number of hydrogen-bond donors (Lipinski definition) is 1. The van der Waals surface area contributed by atoms with E-state index in [1.807, 2.05) is 19.9 Å². The summed E-state index contributed by atoms with van der Waals surface area (Å²) in [5.41, 5.74) is 2.74. The monoisotopic (exact) mass is 205 g/mol. The maximum Gasteiger partial charge on any atom is 0.109 e. The summed E-state index contributed by atoms with van der Waals surface area (Å²) in [4.78, 5) is 0. The summed E-state index contributed by atoms with van der Waals surface area (Å²) >= 11 is 1.44. The smallest absolute Gasteiger partial charge is 0.109 e. The quantitative estimate of drug-likeness (QED) is 0.748. The molecule has 4 heteroatoms. The molecule has 0 bridgehead atoms. The van der Waals surface area contributed by atoms with Gasteiger partial charge in [0, 0.05) is 5.70 Å². The molecule has 1 N–H and O–H groups in total. The lowest BCUT2D eigenvalue weighted by Crippen LogP contribution is -2.29. The average Bonchev–Trinajstić information content (AvgIpc) is 2.14. The van der Waals surface area contributed by atoms with Crippen LogP contribution in [0.5, 0.6) is 0 Å². The summed E-state index contributed by atoms with van der Waals surface area (Å²) in [5, 5.41) is 20.5. The van der Waals surface area contributed by atoms with Crippen LogP contribution >= 0.6 is 11.8 Å². The van der Waals surface area contributed by atoms with Gasteiger partial charge in [-0.3, -0.25) is 0 Å². The highest BCUT2D eigenvalue weighted by atomic mass is 32.2. The molecule has 0 aliphatic carbocycles. The molecule has 0 amide bonds. The van der Waals surface area contributed by atoms with Gasteiger partial charge < -0.3 is 5.32 Å². The van der Waals surface area contributed by atoms with Crippen molar-refractivity contribution in [2.75, 3.05) is 5.75 Å². The summed E-state index contributed by atoms with van der Waals surface area (Å²) < 4.78 is 0. The lowest BCUT2D eigenvalue weighted by Gasteiger charge is -2.23. The topological polar surface area (TPSA) is 59.6 Å². The molecular formula is C10H11N3S. The molecule has 0 aromatic heterocycles. The third kappa shape index (κ3) is 2.31. The first-order valence-corrected chi connectivity index (χ1v) is 5.28. The average molecular weight is 205 g/mol. The highest BCUT2D eigenvalue weighted by Gasteiger charge is 2.19. The lowest BCUT2D eigenvalue weighted by atomic mass is 10.1.